The Labute approximate surface area is 204 Å². The van der Waals surface area contributed by atoms with Crippen molar-refractivity contribution in [2.45, 2.75) is 99.6 Å². The molecule has 0 saturated heterocycles. The first-order valence-electron chi connectivity index (χ1n) is 11.8. The number of rotatable bonds is 10. The van der Waals surface area contributed by atoms with E-state index in [2.05, 4.69) is 95.1 Å². The molecule has 0 aliphatic carbocycles. The molecule has 0 aromatic heterocycles. The molecule has 0 amide bonds. The zero-order valence-electron chi connectivity index (χ0n) is 21.0. The van der Waals surface area contributed by atoms with Gasteiger partial charge >= 0.3 is 0 Å². The summed E-state index contributed by atoms with van der Waals surface area (Å²) in [5.41, 5.74) is 2.85. The molecule has 3 heteroatoms. The van der Waals surface area contributed by atoms with E-state index < -0.39 is 16.1 Å². The van der Waals surface area contributed by atoms with Crippen molar-refractivity contribution < 1.29 is 4.74 Å². The molecule has 184 valence electrons. The lowest BCUT2D eigenvalue weighted by Crippen LogP contribution is -2.52. The first kappa shape index (κ1) is 33.0. The summed E-state index contributed by atoms with van der Waals surface area (Å²) in [5.74, 6) is 0. The standard InChI is InChI=1S/C18H24Si.C9H22OSi.2CH4/c1-5-15-7-11-17(12-8-15)19(3,4)18-13-9-16(6-2)10-14-18;1-10-8-6-5-7-9-11(2,3)4;;/h7-14H,5-6H2,1-4H3;5-9H2,1-4H3;2*1H4. The van der Waals surface area contributed by atoms with Crippen LogP contribution < -0.4 is 10.4 Å². The van der Waals surface area contributed by atoms with Crippen molar-refractivity contribution in [1.82, 2.24) is 0 Å². The number of aryl methyl sites for hydroxylation is 2. The zero-order chi connectivity index (χ0) is 22.6. The Morgan fingerprint density at radius 1 is 0.625 bits per heavy atom. The summed E-state index contributed by atoms with van der Waals surface area (Å²) in [6.07, 6.45) is 6.22. The van der Waals surface area contributed by atoms with Crippen LogP contribution in [0.3, 0.4) is 0 Å². The molecule has 0 radical (unpaired) electrons. The molecule has 0 unspecified atom stereocenters. The summed E-state index contributed by atoms with van der Waals surface area (Å²) < 4.78 is 4.99. The van der Waals surface area contributed by atoms with Gasteiger partial charge in [-0.25, -0.2) is 0 Å². The van der Waals surface area contributed by atoms with Crippen LogP contribution >= 0.6 is 0 Å². The fraction of sp³-hybridized carbons (Fsp3) is 0.586. The Balaban J connectivity index is 0. The molecule has 0 aliphatic rings. The van der Waals surface area contributed by atoms with Crippen LogP contribution in [0, 0.1) is 0 Å². The normalized spacial score (nSPS) is 11.0. The average molecular weight is 475 g/mol. The number of methoxy groups -OCH3 is 1. The van der Waals surface area contributed by atoms with Crippen LogP contribution in [0.5, 0.6) is 0 Å². The molecule has 1 nitrogen and oxygen atoms in total. The van der Waals surface area contributed by atoms with Gasteiger partial charge < -0.3 is 4.74 Å². The second-order valence-corrected chi connectivity index (χ2v) is 20.1. The summed E-state index contributed by atoms with van der Waals surface area (Å²) in [5, 5.41) is 3.04. The van der Waals surface area contributed by atoms with Gasteiger partial charge in [0.1, 0.15) is 8.07 Å². The summed E-state index contributed by atoms with van der Waals surface area (Å²) in [6, 6.07) is 19.9. The Kier molecular flexibility index (Phi) is 17.0. The van der Waals surface area contributed by atoms with Crippen LogP contribution in [0.15, 0.2) is 48.5 Å². The molecule has 2 rings (SSSR count). The van der Waals surface area contributed by atoms with Gasteiger partial charge in [0, 0.05) is 21.8 Å². The quantitative estimate of drug-likeness (QED) is 0.250. The number of unbranched alkanes of at least 4 members (excludes halogenated alkanes) is 2. The molecule has 0 spiro atoms. The summed E-state index contributed by atoms with van der Waals surface area (Å²) >= 11 is 0. The van der Waals surface area contributed by atoms with Gasteiger partial charge in [-0.1, -0.05) is 139 Å². The van der Waals surface area contributed by atoms with E-state index in [9.17, 15) is 0 Å². The largest absolute Gasteiger partial charge is 0.385 e. The van der Waals surface area contributed by atoms with E-state index in [0.717, 1.165) is 19.4 Å². The van der Waals surface area contributed by atoms with Crippen molar-refractivity contribution in [1.29, 1.82) is 0 Å². The Morgan fingerprint density at radius 3 is 1.34 bits per heavy atom. The fourth-order valence-corrected chi connectivity index (χ4v) is 7.20. The molecule has 0 aliphatic heterocycles. The molecule has 0 fully saturated rings. The molecule has 0 bridgehead atoms. The van der Waals surface area contributed by atoms with Crippen molar-refractivity contribution >= 4 is 26.5 Å². The molecular weight excluding hydrogens is 420 g/mol. The van der Waals surface area contributed by atoms with Gasteiger partial charge in [0.25, 0.3) is 0 Å². The maximum atomic E-state index is 4.99. The maximum Gasteiger partial charge on any atom is 0.112 e. The van der Waals surface area contributed by atoms with Gasteiger partial charge in [-0.15, -0.1) is 0 Å². The minimum atomic E-state index is -1.53. The van der Waals surface area contributed by atoms with E-state index in [1.54, 1.807) is 7.11 Å². The van der Waals surface area contributed by atoms with Crippen LogP contribution in [-0.2, 0) is 17.6 Å². The van der Waals surface area contributed by atoms with Crippen molar-refractivity contribution in [3.63, 3.8) is 0 Å². The molecule has 0 atom stereocenters. The van der Waals surface area contributed by atoms with Crippen LogP contribution in [0.25, 0.3) is 0 Å². The highest BCUT2D eigenvalue weighted by Gasteiger charge is 2.25. The van der Waals surface area contributed by atoms with E-state index >= 15 is 0 Å². The number of hydrogen-bond donors (Lipinski definition) is 0. The summed E-state index contributed by atoms with van der Waals surface area (Å²) in [6.45, 7) is 17.5. The third-order valence-electron chi connectivity index (χ3n) is 5.94. The third kappa shape index (κ3) is 12.2. The minimum absolute atomic E-state index is 0. The SMILES string of the molecule is C.C.CCc1ccc([Si](C)(C)c2ccc(CC)cc2)cc1.COCCCCC[Si](C)(C)C. The minimum Gasteiger partial charge on any atom is -0.385 e. The first-order valence-corrected chi connectivity index (χ1v) is 18.5. The van der Waals surface area contributed by atoms with Gasteiger partial charge in [0.15, 0.2) is 0 Å². The van der Waals surface area contributed by atoms with Crippen LogP contribution in [-0.4, -0.2) is 29.9 Å². The molecule has 2 aromatic rings. The van der Waals surface area contributed by atoms with E-state index in [-0.39, 0.29) is 14.9 Å². The smallest absolute Gasteiger partial charge is 0.112 e. The second kappa shape index (κ2) is 16.4. The molecule has 0 N–H and O–H groups in total. The molecular formula is C29H54OSi2. The predicted octanol–water partition coefficient (Wildman–Crippen LogP) is 8.05. The summed E-state index contributed by atoms with van der Waals surface area (Å²) in [7, 11) is -0.509. The van der Waals surface area contributed by atoms with Gasteiger partial charge in [-0.05, 0) is 30.4 Å². The topological polar surface area (TPSA) is 9.23 Å². The van der Waals surface area contributed by atoms with E-state index in [1.165, 1.54) is 46.8 Å². The zero-order valence-corrected chi connectivity index (χ0v) is 23.0. The number of ether oxygens (including phenoxy) is 1. The highest BCUT2D eigenvalue weighted by Crippen LogP contribution is 2.13. The number of hydrogen-bond acceptors (Lipinski definition) is 1. The van der Waals surface area contributed by atoms with Gasteiger partial charge in [-0.2, -0.15) is 0 Å². The van der Waals surface area contributed by atoms with Crippen molar-refractivity contribution in [2.24, 2.45) is 0 Å². The van der Waals surface area contributed by atoms with Gasteiger partial charge in [0.05, 0.1) is 0 Å². The molecule has 32 heavy (non-hydrogen) atoms. The Bertz CT molecular complexity index is 648. The molecule has 0 saturated carbocycles. The maximum absolute atomic E-state index is 4.99. The molecule has 2 aromatic carbocycles. The summed E-state index contributed by atoms with van der Waals surface area (Å²) in [4.78, 5) is 0. The lowest BCUT2D eigenvalue weighted by molar-refractivity contribution is 0.192. The predicted molar refractivity (Wildman–Crippen MR) is 156 cm³/mol. The highest BCUT2D eigenvalue weighted by atomic mass is 28.3. The van der Waals surface area contributed by atoms with Crippen LogP contribution in [0.4, 0.5) is 0 Å². The Morgan fingerprint density at radius 2 is 1.03 bits per heavy atom. The van der Waals surface area contributed by atoms with E-state index in [1.807, 2.05) is 0 Å². The third-order valence-corrected chi connectivity index (χ3v) is 11.3. The van der Waals surface area contributed by atoms with Gasteiger partial charge in [-0.3, -0.25) is 0 Å². The second-order valence-electron chi connectivity index (χ2n) is 10.1. The lowest BCUT2D eigenvalue weighted by atomic mass is 10.2. The van der Waals surface area contributed by atoms with Crippen LogP contribution in [0.2, 0.25) is 38.8 Å². The molecule has 0 heterocycles. The van der Waals surface area contributed by atoms with E-state index in [4.69, 9.17) is 4.74 Å². The van der Waals surface area contributed by atoms with Crippen molar-refractivity contribution in [2.75, 3.05) is 13.7 Å². The van der Waals surface area contributed by atoms with Gasteiger partial charge in [0.2, 0.25) is 0 Å². The first-order chi connectivity index (χ1) is 14.1. The average Bonchev–Trinajstić information content (AvgIpc) is 2.73. The van der Waals surface area contributed by atoms with Crippen molar-refractivity contribution in [3.05, 3.63) is 59.7 Å². The monoisotopic (exact) mass is 474 g/mol. The van der Waals surface area contributed by atoms with E-state index in [0.29, 0.717) is 0 Å². The Hall–Kier alpha value is -1.17. The number of benzene rings is 2. The fourth-order valence-electron chi connectivity index (χ4n) is 3.56. The lowest BCUT2D eigenvalue weighted by Gasteiger charge is -2.24. The highest BCUT2D eigenvalue weighted by molar-refractivity contribution is 7.00. The van der Waals surface area contributed by atoms with Crippen molar-refractivity contribution in [3.8, 4) is 0 Å². The van der Waals surface area contributed by atoms with Crippen LogP contribution in [0.1, 0.15) is 59.1 Å².